The first-order chi connectivity index (χ1) is 14.5. The molecule has 0 saturated carbocycles. The van der Waals surface area contributed by atoms with Crippen molar-refractivity contribution in [3.63, 3.8) is 0 Å². The summed E-state index contributed by atoms with van der Waals surface area (Å²) >= 11 is 0. The summed E-state index contributed by atoms with van der Waals surface area (Å²) in [6, 6.07) is -0.0267. The topological polar surface area (TPSA) is 272 Å². The van der Waals surface area contributed by atoms with Gasteiger partial charge in [-0.3, -0.25) is 38.9 Å². The zero-order valence-corrected chi connectivity index (χ0v) is 20.5. The van der Waals surface area contributed by atoms with Gasteiger partial charge in [0, 0.05) is 17.7 Å². The number of fused-ring (bicyclic) bond motifs is 2. The van der Waals surface area contributed by atoms with Crippen molar-refractivity contribution in [3.8, 4) is 11.5 Å². The first kappa shape index (κ1) is 26.9. The number of nitrogens with zero attached hydrogens (tertiary/aromatic N) is 2. The van der Waals surface area contributed by atoms with Gasteiger partial charge in [-0.25, -0.2) is 0 Å². The number of phenols is 1. The predicted octanol–water partition coefficient (Wildman–Crippen LogP) is -3.44. The smallest absolute Gasteiger partial charge is 0.871 e. The van der Waals surface area contributed by atoms with Crippen LogP contribution in [0.25, 0.3) is 0 Å². The van der Waals surface area contributed by atoms with Gasteiger partial charge in [0.05, 0.1) is 20.3 Å². The van der Waals surface area contributed by atoms with Gasteiger partial charge < -0.3 is 10.2 Å². The van der Waals surface area contributed by atoms with Crippen LogP contribution in [-0.2, 0) is 20.2 Å². The summed E-state index contributed by atoms with van der Waals surface area (Å²) in [6.45, 7) is 0. The van der Waals surface area contributed by atoms with Crippen molar-refractivity contribution >= 4 is 43.2 Å². The maximum Gasteiger partial charge on any atom is 1.00 e. The molecule has 0 atom stereocenters. The number of hydrogen-bond acceptors (Lipinski definition) is 12. The van der Waals surface area contributed by atoms with Crippen LogP contribution in [0.1, 0.15) is 31.8 Å². The molecule has 168 valence electrons. The normalized spacial score (nSPS) is 13.0. The quantitative estimate of drug-likeness (QED) is 0.129. The number of hydrogen-bond donors (Lipinski definition) is 3. The fourth-order valence-corrected chi connectivity index (χ4v) is 4.29. The van der Waals surface area contributed by atoms with Crippen molar-refractivity contribution in [3.05, 3.63) is 54.6 Å². The molecule has 0 aromatic heterocycles. The van der Waals surface area contributed by atoms with Crippen molar-refractivity contribution in [2.75, 3.05) is 0 Å². The molecule has 0 spiro atoms. The van der Waals surface area contributed by atoms with Gasteiger partial charge in [-0.15, -0.1) is 0 Å². The van der Waals surface area contributed by atoms with E-state index in [1.807, 2.05) is 0 Å². The molecule has 0 aliphatic heterocycles. The first-order valence-corrected chi connectivity index (χ1v) is 10.5. The number of nitro groups is 2. The number of ketones is 2. The molecule has 0 fully saturated rings. The molecule has 1 aliphatic rings. The van der Waals surface area contributed by atoms with Gasteiger partial charge in [0.2, 0.25) is 5.78 Å². The van der Waals surface area contributed by atoms with Gasteiger partial charge in [0.15, 0.2) is 5.78 Å². The number of phenolic OH excluding ortho intramolecular Hbond substituents is 1. The number of nitro benzene ring substituents is 2. The van der Waals surface area contributed by atoms with Gasteiger partial charge in [0.25, 0.3) is 31.6 Å². The van der Waals surface area contributed by atoms with E-state index in [4.69, 9.17) is 4.55 Å². The molecule has 16 nitrogen and oxygen atoms in total. The van der Waals surface area contributed by atoms with E-state index in [0.717, 1.165) is 0 Å². The maximum atomic E-state index is 12.9. The van der Waals surface area contributed by atoms with Crippen LogP contribution < -0.4 is 56.5 Å². The predicted molar refractivity (Wildman–Crippen MR) is 93.8 cm³/mol. The average Bonchev–Trinajstić information content (AvgIpc) is 2.62. The summed E-state index contributed by atoms with van der Waals surface area (Å²) in [5.74, 6) is -7.32. The van der Waals surface area contributed by atoms with E-state index in [2.05, 4.69) is 0 Å². The Morgan fingerprint density at radius 3 is 1.48 bits per heavy atom. The Morgan fingerprint density at radius 2 is 1.09 bits per heavy atom. The Balaban J connectivity index is 0.00000385. The monoisotopic (exact) mass is 528 g/mol. The number of aromatic hydroxyl groups is 1. The second kappa shape index (κ2) is 8.45. The van der Waals surface area contributed by atoms with Crippen LogP contribution in [-0.4, -0.2) is 52.5 Å². The molecule has 0 unspecified atom stereocenters. The van der Waals surface area contributed by atoms with Gasteiger partial charge >= 0.3 is 51.4 Å². The molecule has 3 rings (SSSR count). The molecule has 2 aromatic rings. The second-order valence-corrected chi connectivity index (χ2v) is 8.87. The van der Waals surface area contributed by atoms with E-state index in [1.54, 1.807) is 0 Å². The van der Waals surface area contributed by atoms with Crippen molar-refractivity contribution in [1.82, 2.24) is 0 Å². The summed E-state index contributed by atoms with van der Waals surface area (Å²) < 4.78 is 64.1. The van der Waals surface area contributed by atoms with Crippen molar-refractivity contribution < 1.29 is 107 Å². The maximum absolute atomic E-state index is 12.9. The van der Waals surface area contributed by atoms with Gasteiger partial charge in [0.1, 0.15) is 21.8 Å². The molecule has 0 bridgehead atoms. The molecule has 3 N–H and O–H groups in total. The molecule has 0 heterocycles. The summed E-state index contributed by atoms with van der Waals surface area (Å²) in [6.07, 6.45) is 0. The summed E-state index contributed by atoms with van der Waals surface area (Å²) in [5, 5.41) is 45.4. The van der Waals surface area contributed by atoms with E-state index in [0.29, 0.717) is 0 Å². The van der Waals surface area contributed by atoms with E-state index in [-0.39, 0.29) is 63.5 Å². The fourth-order valence-electron chi connectivity index (χ4n) is 3.08. The Morgan fingerprint density at radius 1 is 0.727 bits per heavy atom. The minimum Gasteiger partial charge on any atom is -0.871 e. The third kappa shape index (κ3) is 4.17. The van der Waals surface area contributed by atoms with Crippen LogP contribution in [0.4, 0.5) is 11.4 Å². The SMILES string of the molecule is O=C1c2c([N+](=O)[O-])cc(S(=O)(=O)O)c([O-])c2C(=O)c2c(O)c(S(=O)(=O)O)cc([N+](=O)[O-])c21.[K+]. The summed E-state index contributed by atoms with van der Waals surface area (Å²) in [5.41, 5.74) is -8.77. The van der Waals surface area contributed by atoms with Crippen LogP contribution in [0.2, 0.25) is 0 Å². The molecular formula is C14H5KN2O14S2. The van der Waals surface area contributed by atoms with Crippen LogP contribution in [0.3, 0.4) is 0 Å². The fraction of sp³-hybridized carbons (Fsp3) is 0. The largest absolute Gasteiger partial charge is 1.00 e. The standard InChI is InChI=1S/C14H6N2O14S2.K/c17-11-5(31(25,26)27)1-3(15(21)22)7-9(11)14(20)10-8(13(7)19)4(16(23)24)2-6(12(10)18)32(28,29)30;/h1-2,17-18H,(H,25,26,27)(H,28,29,30);/q;+1/p-1. The number of carbonyl (C=O) groups excluding carboxylic acids is 2. The average molecular weight is 528 g/mol. The molecule has 0 radical (unpaired) electrons. The molecule has 19 heteroatoms. The van der Waals surface area contributed by atoms with Crippen LogP contribution in [0, 0.1) is 20.2 Å². The first-order valence-electron chi connectivity index (χ1n) is 7.61. The van der Waals surface area contributed by atoms with E-state index >= 15 is 0 Å². The Hall–Kier alpha value is -2.36. The molecule has 1 aliphatic carbocycles. The van der Waals surface area contributed by atoms with Crippen LogP contribution in [0.15, 0.2) is 21.9 Å². The molecule has 2 aromatic carbocycles. The molecular weight excluding hydrogens is 523 g/mol. The summed E-state index contributed by atoms with van der Waals surface area (Å²) in [7, 11) is -10.9. The van der Waals surface area contributed by atoms with E-state index < -0.39 is 96.6 Å². The van der Waals surface area contributed by atoms with E-state index in [1.165, 1.54) is 0 Å². The number of benzene rings is 2. The van der Waals surface area contributed by atoms with E-state index in [9.17, 15) is 61.4 Å². The zero-order valence-electron chi connectivity index (χ0n) is 15.7. The summed E-state index contributed by atoms with van der Waals surface area (Å²) in [4.78, 5) is 42.4. The van der Waals surface area contributed by atoms with Gasteiger partial charge in [-0.1, -0.05) is 5.75 Å². The minimum absolute atomic E-state index is 0. The Bertz CT molecular complexity index is 1420. The Labute approximate surface area is 224 Å². The van der Waals surface area contributed by atoms with Gasteiger partial charge in [-0.05, 0) is 0 Å². The molecule has 0 saturated heterocycles. The van der Waals surface area contributed by atoms with Crippen molar-refractivity contribution in [2.45, 2.75) is 9.79 Å². The third-order valence-electron chi connectivity index (χ3n) is 4.33. The zero-order chi connectivity index (χ0) is 24.5. The molecule has 0 amide bonds. The number of carbonyl (C=O) groups is 2. The minimum atomic E-state index is -5.49. The van der Waals surface area contributed by atoms with Gasteiger partial charge in [-0.2, -0.15) is 16.8 Å². The Kier molecular flexibility index (Phi) is 6.88. The molecule has 33 heavy (non-hydrogen) atoms. The van der Waals surface area contributed by atoms with Crippen molar-refractivity contribution in [2.24, 2.45) is 0 Å². The second-order valence-electron chi connectivity index (χ2n) is 6.09. The van der Waals surface area contributed by atoms with Crippen LogP contribution >= 0.6 is 0 Å². The number of rotatable bonds is 4. The van der Waals surface area contributed by atoms with Crippen LogP contribution in [0.5, 0.6) is 11.5 Å². The van der Waals surface area contributed by atoms with Crippen molar-refractivity contribution in [1.29, 1.82) is 0 Å². The third-order valence-corrected chi connectivity index (χ3v) is 6.05.